The zero-order valence-corrected chi connectivity index (χ0v) is 12.0. The highest BCUT2D eigenvalue weighted by molar-refractivity contribution is 5.95. The monoisotopic (exact) mass is 326 g/mol. The molecule has 0 radical (unpaired) electrons. The summed E-state index contributed by atoms with van der Waals surface area (Å²) >= 11 is 0. The van der Waals surface area contributed by atoms with Crippen LogP contribution in [0.2, 0.25) is 0 Å². The summed E-state index contributed by atoms with van der Waals surface area (Å²) < 4.78 is 0.551. The van der Waals surface area contributed by atoms with Crippen LogP contribution in [-0.2, 0) is 0 Å². The Morgan fingerprint density at radius 2 is 1.58 bits per heavy atom. The Morgan fingerprint density at radius 3 is 2.17 bits per heavy atom. The molecule has 0 aliphatic heterocycles. The summed E-state index contributed by atoms with van der Waals surface area (Å²) in [6, 6.07) is 10.8. The van der Waals surface area contributed by atoms with E-state index >= 15 is 0 Å². The zero-order valence-electron chi connectivity index (χ0n) is 12.0. The Morgan fingerprint density at radius 1 is 0.958 bits per heavy atom. The van der Waals surface area contributed by atoms with Crippen molar-refractivity contribution in [3.8, 4) is 11.3 Å². The predicted octanol–water partition coefficient (Wildman–Crippen LogP) is 1.97. The lowest BCUT2D eigenvalue weighted by molar-refractivity contribution is -0.452. The zero-order chi connectivity index (χ0) is 17.4. The first-order chi connectivity index (χ1) is 11.4. The number of rotatable bonds is 3. The van der Waals surface area contributed by atoms with Crippen LogP contribution in [0.3, 0.4) is 0 Å². The minimum atomic E-state index is -1.56. The lowest BCUT2D eigenvalue weighted by Crippen LogP contribution is -2.27. The van der Waals surface area contributed by atoms with E-state index in [4.69, 9.17) is 5.11 Å². The molecule has 2 N–H and O–H groups in total. The van der Waals surface area contributed by atoms with Gasteiger partial charge < -0.3 is 20.2 Å². The molecule has 0 fully saturated rings. The topological polar surface area (TPSA) is 126 Å². The minimum Gasteiger partial charge on any atom is -0.805 e. The number of carboxylic acids is 2. The van der Waals surface area contributed by atoms with E-state index in [-0.39, 0.29) is 32.6 Å². The molecule has 8 heteroatoms. The smallest absolute Gasteiger partial charge is 0.359 e. The SMILES string of the molecule is O=C(O)c1ccc(-c2c(C(=O)O)n([O-])c3ccccc3[n+]2=O)cc1. The summed E-state index contributed by atoms with van der Waals surface area (Å²) in [5.74, 6) is -2.72. The number of hydrogen-bond donors (Lipinski definition) is 2. The van der Waals surface area contributed by atoms with Crippen LogP contribution >= 0.6 is 0 Å². The van der Waals surface area contributed by atoms with Crippen LogP contribution in [0.15, 0.2) is 48.5 Å². The number of aromatic carboxylic acids is 2. The highest BCUT2D eigenvalue weighted by atomic mass is 16.5. The van der Waals surface area contributed by atoms with Crippen molar-refractivity contribution >= 4 is 23.0 Å². The van der Waals surface area contributed by atoms with Crippen LogP contribution < -0.4 is 4.43 Å². The van der Waals surface area contributed by atoms with E-state index in [1.807, 2.05) is 0 Å². The molecule has 24 heavy (non-hydrogen) atoms. The van der Waals surface area contributed by atoms with Crippen LogP contribution in [0.5, 0.6) is 0 Å². The van der Waals surface area contributed by atoms with Crippen LogP contribution in [0, 0.1) is 10.1 Å². The van der Waals surface area contributed by atoms with Crippen molar-refractivity contribution in [1.29, 1.82) is 0 Å². The molecule has 2 aromatic carbocycles. The van der Waals surface area contributed by atoms with Gasteiger partial charge >= 0.3 is 17.6 Å². The van der Waals surface area contributed by atoms with Gasteiger partial charge in [0.2, 0.25) is 5.69 Å². The average molecular weight is 326 g/mol. The van der Waals surface area contributed by atoms with E-state index in [1.165, 1.54) is 42.5 Å². The maximum absolute atomic E-state index is 12.6. The average Bonchev–Trinajstić information content (AvgIpc) is 2.57. The number of benzene rings is 2. The highest BCUT2D eigenvalue weighted by Crippen LogP contribution is 2.23. The second-order valence-corrected chi connectivity index (χ2v) is 4.96. The van der Waals surface area contributed by atoms with E-state index in [0.717, 1.165) is 0 Å². The predicted molar refractivity (Wildman–Crippen MR) is 83.4 cm³/mol. The third kappa shape index (κ3) is 2.26. The van der Waals surface area contributed by atoms with Gasteiger partial charge in [0.1, 0.15) is 5.52 Å². The molecule has 0 bridgehead atoms. The number of para-hydroxylation sites is 2. The number of aromatic nitrogens is 2. The fourth-order valence-corrected chi connectivity index (χ4v) is 2.45. The molecule has 1 aromatic heterocycles. The lowest BCUT2D eigenvalue weighted by atomic mass is 10.1. The third-order valence-electron chi connectivity index (χ3n) is 3.56. The molecule has 3 aromatic rings. The summed E-state index contributed by atoms with van der Waals surface area (Å²) in [5.41, 5.74) is -1.04. The minimum absolute atomic E-state index is 0.00908. The van der Waals surface area contributed by atoms with Gasteiger partial charge in [-0.1, -0.05) is 12.1 Å². The standard InChI is InChI=1S/C16H10N2O6/c19-15(20)10-7-5-9(6-8-10)13-14(16(21)22)18(24)12-4-2-1-3-11(12)17(13)23/h1-8H,(H,19,20)(H,21,22). The Balaban J connectivity index is 2.40. The molecule has 0 unspecified atom stereocenters. The van der Waals surface area contributed by atoms with E-state index in [2.05, 4.69) is 0 Å². The molecule has 0 aliphatic carbocycles. The van der Waals surface area contributed by atoms with Gasteiger partial charge in [0, 0.05) is 11.0 Å². The Bertz CT molecular complexity index is 1040. The van der Waals surface area contributed by atoms with Crippen LogP contribution in [0.1, 0.15) is 20.8 Å². The molecule has 120 valence electrons. The first-order valence-corrected chi connectivity index (χ1v) is 6.76. The van der Waals surface area contributed by atoms with Crippen LogP contribution in [-0.4, -0.2) is 26.9 Å². The quantitative estimate of drug-likeness (QED) is 0.709. The van der Waals surface area contributed by atoms with Crippen molar-refractivity contribution in [2.45, 2.75) is 0 Å². The first-order valence-electron chi connectivity index (χ1n) is 6.76. The largest absolute Gasteiger partial charge is 0.805 e. The fourth-order valence-electron chi connectivity index (χ4n) is 2.45. The molecule has 1 heterocycles. The molecule has 0 saturated heterocycles. The van der Waals surface area contributed by atoms with Crippen LogP contribution in [0.25, 0.3) is 22.3 Å². The molecule has 0 atom stereocenters. The molecule has 8 nitrogen and oxygen atoms in total. The van der Waals surface area contributed by atoms with Crippen molar-refractivity contribution in [2.75, 3.05) is 0 Å². The van der Waals surface area contributed by atoms with Crippen molar-refractivity contribution in [2.24, 2.45) is 0 Å². The molecular formula is C16H10N2O6. The fraction of sp³-hybridized carbons (Fsp3) is 0. The summed E-state index contributed by atoms with van der Waals surface area (Å²) in [6.45, 7) is 0. The van der Waals surface area contributed by atoms with E-state index < -0.39 is 17.6 Å². The van der Waals surface area contributed by atoms with Crippen molar-refractivity contribution in [1.82, 2.24) is 4.73 Å². The summed E-state index contributed by atoms with van der Waals surface area (Å²) in [7, 11) is 0. The number of carboxylic acid groups (broad SMARTS) is 2. The summed E-state index contributed by atoms with van der Waals surface area (Å²) in [4.78, 5) is 35.0. The third-order valence-corrected chi connectivity index (χ3v) is 3.56. The maximum atomic E-state index is 12.6. The number of nitrogens with zero attached hydrogens (tertiary/aromatic N) is 2. The van der Waals surface area contributed by atoms with Gasteiger partial charge in [-0.2, -0.15) is 0 Å². The molecule has 0 aliphatic rings. The van der Waals surface area contributed by atoms with Gasteiger partial charge in [0.25, 0.3) is 5.52 Å². The van der Waals surface area contributed by atoms with E-state index in [0.29, 0.717) is 4.43 Å². The van der Waals surface area contributed by atoms with Gasteiger partial charge in [-0.05, 0) is 30.3 Å². The first kappa shape index (κ1) is 15.2. The van der Waals surface area contributed by atoms with E-state index in [1.54, 1.807) is 6.07 Å². The van der Waals surface area contributed by atoms with Gasteiger partial charge in [-0.25, -0.2) is 9.59 Å². The Labute approximate surface area is 134 Å². The Hall–Kier alpha value is -3.68. The van der Waals surface area contributed by atoms with Crippen molar-refractivity contribution < 1.29 is 24.2 Å². The van der Waals surface area contributed by atoms with Gasteiger partial charge in [0.15, 0.2) is 0 Å². The molecule has 0 saturated carbocycles. The Kier molecular flexibility index (Phi) is 3.49. The second-order valence-electron chi connectivity index (χ2n) is 4.96. The van der Waals surface area contributed by atoms with E-state index in [9.17, 15) is 24.8 Å². The number of carbonyl (C=O) groups is 2. The van der Waals surface area contributed by atoms with Crippen LogP contribution in [0.4, 0.5) is 0 Å². The highest BCUT2D eigenvalue weighted by Gasteiger charge is 2.28. The van der Waals surface area contributed by atoms with Gasteiger partial charge in [-0.15, -0.1) is 0 Å². The van der Waals surface area contributed by atoms with Crippen molar-refractivity contribution in [3.05, 3.63) is 69.9 Å². The summed E-state index contributed by atoms with van der Waals surface area (Å²) in [5, 5.41) is 30.7. The normalized spacial score (nSPS) is 10.7. The number of fused-ring (bicyclic) bond motifs is 1. The molecular weight excluding hydrogens is 316 g/mol. The number of hydrogen-bond acceptors (Lipinski definition) is 4. The van der Waals surface area contributed by atoms with Gasteiger partial charge in [0.05, 0.1) is 15.6 Å². The molecule has 3 rings (SSSR count). The molecule has 0 spiro atoms. The van der Waals surface area contributed by atoms with Gasteiger partial charge in [-0.3, -0.25) is 0 Å². The summed E-state index contributed by atoms with van der Waals surface area (Å²) in [6.07, 6.45) is 0. The maximum Gasteiger partial charge on any atom is 0.359 e. The van der Waals surface area contributed by atoms with Crippen molar-refractivity contribution in [3.63, 3.8) is 0 Å². The lowest BCUT2D eigenvalue weighted by Gasteiger charge is -2.16. The second kappa shape index (κ2) is 5.51. The molecule has 0 amide bonds.